The van der Waals surface area contributed by atoms with Gasteiger partial charge in [0.25, 0.3) is 0 Å². The molecule has 0 spiro atoms. The Morgan fingerprint density at radius 3 is 2.00 bits per heavy atom. The van der Waals surface area contributed by atoms with Gasteiger partial charge in [-0.25, -0.2) is 4.39 Å². The molecule has 1 atom stereocenters. The van der Waals surface area contributed by atoms with E-state index in [1.165, 1.54) is 0 Å². The molecule has 0 amide bonds. The van der Waals surface area contributed by atoms with Crippen molar-refractivity contribution in [3.05, 3.63) is 35.1 Å². The first kappa shape index (κ1) is 18.3. The van der Waals surface area contributed by atoms with Gasteiger partial charge in [-0.05, 0) is 23.0 Å². The number of carboxylic acids is 1. The molecule has 0 aromatic heterocycles. The smallest absolute Gasteiger partial charge is 0.416 e. The third-order valence-electron chi connectivity index (χ3n) is 6.05. The zero-order valence-electron chi connectivity index (χ0n) is 13.8. The van der Waals surface area contributed by atoms with Crippen LogP contribution in [0.25, 0.3) is 0 Å². The van der Waals surface area contributed by atoms with Crippen LogP contribution in [-0.4, -0.2) is 11.1 Å². The normalized spacial score (nSPS) is 21.6. The molecule has 1 saturated carbocycles. The van der Waals surface area contributed by atoms with E-state index in [1.54, 1.807) is 27.7 Å². The fourth-order valence-corrected chi connectivity index (χ4v) is 4.12. The number of benzene rings is 1. The quantitative estimate of drug-likeness (QED) is 0.639. The number of terminal acetylenes is 1. The fourth-order valence-electron chi connectivity index (χ4n) is 4.12. The third kappa shape index (κ3) is 2.00. The van der Waals surface area contributed by atoms with E-state index in [0.717, 1.165) is 12.1 Å². The maximum absolute atomic E-state index is 14.4. The average Bonchev–Trinajstić information content (AvgIpc) is 2.78. The maximum atomic E-state index is 14.4. The Morgan fingerprint density at radius 2 is 1.71 bits per heavy atom. The molecule has 1 aliphatic carbocycles. The summed E-state index contributed by atoms with van der Waals surface area (Å²) < 4.78 is 52.5. The number of carboxylic acid groups (broad SMARTS) is 1. The number of aliphatic carboxylic acids is 1. The molecule has 130 valence electrons. The van der Waals surface area contributed by atoms with Crippen LogP contribution in [0.15, 0.2) is 18.2 Å². The Kier molecular flexibility index (Phi) is 3.80. The van der Waals surface area contributed by atoms with Crippen LogP contribution in [0.1, 0.15) is 44.7 Å². The molecule has 6 heteroatoms. The SMILES string of the molecule is C#CC(c1ccc(C(F)(F)F)cc1F)C1(C(=O)O)C(C)(C)C1(C)C. The monoisotopic (exact) mass is 342 g/mol. The summed E-state index contributed by atoms with van der Waals surface area (Å²) in [5, 5.41) is 9.81. The highest BCUT2D eigenvalue weighted by Crippen LogP contribution is 2.82. The van der Waals surface area contributed by atoms with Gasteiger partial charge in [0.1, 0.15) is 5.82 Å². The topological polar surface area (TPSA) is 37.3 Å². The molecule has 1 aliphatic rings. The molecule has 1 N–H and O–H groups in total. The lowest BCUT2D eigenvalue weighted by molar-refractivity contribution is -0.146. The second-order valence-electron chi connectivity index (χ2n) is 7.20. The van der Waals surface area contributed by atoms with Crippen LogP contribution < -0.4 is 0 Å². The lowest BCUT2D eigenvalue weighted by atomic mass is 9.76. The van der Waals surface area contributed by atoms with Gasteiger partial charge in [-0.3, -0.25) is 4.79 Å². The highest BCUT2D eigenvalue weighted by Gasteiger charge is 2.84. The second-order valence-corrected chi connectivity index (χ2v) is 7.20. The van der Waals surface area contributed by atoms with Crippen LogP contribution in [0.5, 0.6) is 0 Å². The van der Waals surface area contributed by atoms with E-state index in [2.05, 4.69) is 5.92 Å². The summed E-state index contributed by atoms with van der Waals surface area (Å²) >= 11 is 0. The van der Waals surface area contributed by atoms with Gasteiger partial charge < -0.3 is 5.11 Å². The summed E-state index contributed by atoms with van der Waals surface area (Å²) in [6, 6.07) is 2.02. The molecule has 0 bridgehead atoms. The van der Waals surface area contributed by atoms with Crippen LogP contribution in [0.2, 0.25) is 0 Å². The highest BCUT2D eigenvalue weighted by atomic mass is 19.4. The summed E-state index contributed by atoms with van der Waals surface area (Å²) in [5.41, 5.74) is -4.31. The van der Waals surface area contributed by atoms with E-state index in [9.17, 15) is 27.5 Å². The van der Waals surface area contributed by atoms with Crippen LogP contribution in [-0.2, 0) is 11.0 Å². The van der Waals surface area contributed by atoms with Gasteiger partial charge >= 0.3 is 12.1 Å². The summed E-state index contributed by atoms with van der Waals surface area (Å²) in [7, 11) is 0. The number of hydrogen-bond acceptors (Lipinski definition) is 1. The van der Waals surface area contributed by atoms with Crippen molar-refractivity contribution in [1.82, 2.24) is 0 Å². The van der Waals surface area contributed by atoms with Crippen LogP contribution >= 0.6 is 0 Å². The average molecular weight is 342 g/mol. The predicted octanol–water partition coefficient (Wildman–Crippen LogP) is 4.70. The Hall–Kier alpha value is -2.03. The van der Waals surface area contributed by atoms with Crippen molar-refractivity contribution in [1.29, 1.82) is 0 Å². The largest absolute Gasteiger partial charge is 0.481 e. The number of carbonyl (C=O) groups is 1. The lowest BCUT2D eigenvalue weighted by Gasteiger charge is -2.25. The lowest BCUT2D eigenvalue weighted by Crippen LogP contribution is -2.30. The first-order valence-corrected chi connectivity index (χ1v) is 7.33. The number of halogens is 4. The van der Waals surface area contributed by atoms with E-state index in [-0.39, 0.29) is 5.56 Å². The molecule has 0 saturated heterocycles. The molecule has 2 rings (SSSR count). The van der Waals surface area contributed by atoms with E-state index in [0.29, 0.717) is 6.07 Å². The van der Waals surface area contributed by atoms with Crippen molar-refractivity contribution in [2.24, 2.45) is 16.2 Å². The summed E-state index contributed by atoms with van der Waals surface area (Å²) in [6.45, 7) is 6.86. The minimum Gasteiger partial charge on any atom is -0.481 e. The van der Waals surface area contributed by atoms with Crippen molar-refractivity contribution < 1.29 is 27.5 Å². The molecule has 0 radical (unpaired) electrons. The Morgan fingerprint density at radius 1 is 1.21 bits per heavy atom. The van der Waals surface area contributed by atoms with Crippen molar-refractivity contribution in [3.8, 4) is 12.3 Å². The molecule has 1 aromatic carbocycles. The van der Waals surface area contributed by atoms with E-state index in [1.807, 2.05) is 0 Å². The van der Waals surface area contributed by atoms with Crippen molar-refractivity contribution in [3.63, 3.8) is 0 Å². The van der Waals surface area contributed by atoms with E-state index < -0.39 is 45.7 Å². The van der Waals surface area contributed by atoms with Gasteiger partial charge in [0, 0.05) is 5.56 Å². The van der Waals surface area contributed by atoms with Crippen LogP contribution in [0.3, 0.4) is 0 Å². The molecule has 1 fully saturated rings. The fraction of sp³-hybridized carbons (Fsp3) is 0.500. The number of rotatable bonds is 3. The van der Waals surface area contributed by atoms with Crippen molar-refractivity contribution >= 4 is 5.97 Å². The first-order valence-electron chi connectivity index (χ1n) is 7.33. The van der Waals surface area contributed by atoms with Crippen LogP contribution in [0, 0.1) is 34.4 Å². The molecule has 2 nitrogen and oxygen atoms in total. The second kappa shape index (κ2) is 4.98. The molecule has 1 unspecified atom stereocenters. The maximum Gasteiger partial charge on any atom is 0.416 e. The zero-order valence-corrected chi connectivity index (χ0v) is 13.8. The molecular formula is C18H18F4O2. The Balaban J connectivity index is 2.63. The van der Waals surface area contributed by atoms with Crippen LogP contribution in [0.4, 0.5) is 17.6 Å². The summed E-state index contributed by atoms with van der Waals surface area (Å²) in [6.07, 6.45) is 0.815. The van der Waals surface area contributed by atoms with Crippen molar-refractivity contribution in [2.45, 2.75) is 39.8 Å². The van der Waals surface area contributed by atoms with Crippen molar-refractivity contribution in [2.75, 3.05) is 0 Å². The summed E-state index contributed by atoms with van der Waals surface area (Å²) in [4.78, 5) is 12.0. The van der Waals surface area contributed by atoms with Gasteiger partial charge in [0.05, 0.1) is 16.9 Å². The molecule has 0 aliphatic heterocycles. The first-order chi connectivity index (χ1) is 10.8. The summed E-state index contributed by atoms with van der Waals surface area (Å²) in [5.74, 6) is -1.19. The molecule has 24 heavy (non-hydrogen) atoms. The standard InChI is InChI=1S/C18H18F4O2/c1-6-12(17(14(23)24)15(2,3)16(17,4)5)11-8-7-10(9-13(11)19)18(20,21)22/h1,7-9,12H,2-5H3,(H,23,24). The highest BCUT2D eigenvalue weighted by molar-refractivity contribution is 5.85. The third-order valence-corrected chi connectivity index (χ3v) is 6.05. The number of hydrogen-bond donors (Lipinski definition) is 1. The van der Waals surface area contributed by atoms with Gasteiger partial charge in [-0.1, -0.05) is 39.7 Å². The Labute approximate surface area is 137 Å². The predicted molar refractivity (Wildman–Crippen MR) is 80.6 cm³/mol. The van der Waals surface area contributed by atoms with Gasteiger partial charge in [0.2, 0.25) is 0 Å². The van der Waals surface area contributed by atoms with E-state index >= 15 is 0 Å². The number of alkyl halides is 3. The zero-order chi connectivity index (χ0) is 18.7. The minimum absolute atomic E-state index is 0.202. The van der Waals surface area contributed by atoms with Gasteiger partial charge in [0.15, 0.2) is 0 Å². The molecular weight excluding hydrogens is 324 g/mol. The van der Waals surface area contributed by atoms with Gasteiger partial charge in [-0.2, -0.15) is 13.2 Å². The molecule has 0 heterocycles. The van der Waals surface area contributed by atoms with Gasteiger partial charge in [-0.15, -0.1) is 6.42 Å². The molecule has 1 aromatic rings. The minimum atomic E-state index is -4.69. The van der Waals surface area contributed by atoms with E-state index in [4.69, 9.17) is 6.42 Å². The Bertz CT molecular complexity index is 724.